The van der Waals surface area contributed by atoms with Crippen molar-refractivity contribution < 1.29 is 34.6 Å². The van der Waals surface area contributed by atoms with Crippen molar-refractivity contribution in [1.82, 2.24) is 0 Å². The van der Waals surface area contributed by atoms with Gasteiger partial charge in [0.1, 0.15) is 0 Å². The van der Waals surface area contributed by atoms with Crippen LogP contribution in [-0.2, 0) is 4.57 Å². The van der Waals surface area contributed by atoms with E-state index in [0.29, 0.717) is 0 Å². The van der Waals surface area contributed by atoms with Crippen LogP contribution in [-0.4, -0.2) is 31.2 Å². The van der Waals surface area contributed by atoms with Crippen LogP contribution in [0.5, 0.6) is 0 Å². The number of rotatable bonds is 0. The van der Waals surface area contributed by atoms with Crippen molar-refractivity contribution in [2.24, 2.45) is 11.5 Å². The Morgan fingerprint density at radius 2 is 1.09 bits per heavy atom. The van der Waals surface area contributed by atoms with Gasteiger partial charge in [0.25, 0.3) is 0 Å². The molecule has 70 valence electrons. The summed E-state index contributed by atoms with van der Waals surface area (Å²) in [5, 5.41) is 12.0. The molecule has 0 aromatic carbocycles. The topological polar surface area (TPSA) is 187 Å². The molecule has 0 aromatic rings. The minimum Gasteiger partial charge on any atom is -0.352 e. The molecule has 0 saturated carbocycles. The molecule has 0 aromatic heterocycles. The van der Waals surface area contributed by atoms with Crippen LogP contribution in [0.1, 0.15) is 0 Å². The number of amides is 2. The van der Waals surface area contributed by atoms with E-state index in [1.807, 2.05) is 0 Å². The lowest BCUT2D eigenvalue weighted by molar-refractivity contribution is -0.176. The molecule has 0 radical (unpaired) electrons. The summed E-state index contributed by atoms with van der Waals surface area (Å²) in [5.74, 6) is 0. The van der Waals surface area contributed by atoms with Gasteiger partial charge in [0.2, 0.25) is 0 Å². The van der Waals surface area contributed by atoms with E-state index in [9.17, 15) is 0 Å². The average molecular weight is 192 g/mol. The normalized spacial score (nSPS) is 8.09. The van der Waals surface area contributed by atoms with Crippen LogP contribution in [0.25, 0.3) is 0 Å². The molecule has 11 heavy (non-hydrogen) atoms. The lowest BCUT2D eigenvalue weighted by Crippen LogP contribution is -2.18. The maximum Gasteiger partial charge on any atom is 0.466 e. The van der Waals surface area contributed by atoms with Gasteiger partial charge in [-0.3, -0.25) is 10.5 Å². The van der Waals surface area contributed by atoms with Gasteiger partial charge in [-0.2, -0.15) is 0 Å². The molecule has 0 rings (SSSR count). The van der Waals surface area contributed by atoms with E-state index in [1.165, 1.54) is 0 Å². The van der Waals surface area contributed by atoms with Crippen molar-refractivity contribution in [3.05, 3.63) is 0 Å². The Bertz CT molecular complexity index is 116. The summed E-state index contributed by atoms with van der Waals surface area (Å²) < 4.78 is 8.88. The first-order valence-corrected chi connectivity index (χ1v) is 3.33. The van der Waals surface area contributed by atoms with Gasteiger partial charge in [0, 0.05) is 0 Å². The number of hydrogen-bond acceptors (Lipinski definition) is 4. The Balaban J connectivity index is -0.0000000965. The molecule has 0 bridgehead atoms. The van der Waals surface area contributed by atoms with Crippen LogP contribution < -0.4 is 11.5 Å². The third-order valence-electron chi connectivity index (χ3n) is 0. The van der Waals surface area contributed by atoms with Gasteiger partial charge in [-0.05, 0) is 0 Å². The van der Waals surface area contributed by atoms with Crippen molar-refractivity contribution in [2.45, 2.75) is 0 Å². The number of carbonyl (C=O) groups excluding carboxylic acids is 1. The first-order chi connectivity index (χ1) is 4.73. The van der Waals surface area contributed by atoms with Gasteiger partial charge >= 0.3 is 13.9 Å². The highest BCUT2D eigenvalue weighted by molar-refractivity contribution is 7.45. The fourth-order valence-electron chi connectivity index (χ4n) is 0. The lowest BCUT2D eigenvalue weighted by Gasteiger charge is -1.82. The van der Waals surface area contributed by atoms with E-state index in [-0.39, 0.29) is 0 Å². The molecule has 0 unspecified atom stereocenters. The van der Waals surface area contributed by atoms with Crippen molar-refractivity contribution in [2.75, 3.05) is 0 Å². The summed E-state index contributed by atoms with van der Waals surface area (Å²) in [6, 6.07) is -0.833. The molecule has 0 spiro atoms. The standard InChI is InChI=1S/CH4N2O.H3O4P.H2O2/c2-1(3)4;1-5(2,3)4;1-2/h(H4,2,3,4);(H3,1,2,3,4);1-2H. The quantitative estimate of drug-likeness (QED) is 0.133. The maximum atomic E-state index is 9.00. The van der Waals surface area contributed by atoms with E-state index < -0.39 is 13.9 Å². The molecule has 0 fully saturated rings. The van der Waals surface area contributed by atoms with E-state index in [0.717, 1.165) is 0 Å². The van der Waals surface area contributed by atoms with Crippen LogP contribution in [0.4, 0.5) is 4.79 Å². The Kier molecular flexibility index (Phi) is 14.1. The number of urea groups is 1. The van der Waals surface area contributed by atoms with E-state index in [2.05, 4.69) is 11.5 Å². The second-order valence-electron chi connectivity index (χ2n) is 0.916. The molecule has 0 aliphatic rings. The predicted molar refractivity (Wildman–Crippen MR) is 33.3 cm³/mol. The first-order valence-electron chi connectivity index (χ1n) is 1.76. The van der Waals surface area contributed by atoms with Crippen LogP contribution in [0.3, 0.4) is 0 Å². The summed E-state index contributed by atoms with van der Waals surface area (Å²) in [6.45, 7) is 0. The number of hydrogen-bond donors (Lipinski definition) is 7. The number of primary amides is 2. The zero-order chi connectivity index (χ0) is 10.1. The third kappa shape index (κ3) is 1010. The van der Waals surface area contributed by atoms with Gasteiger partial charge in [-0.1, -0.05) is 0 Å². The fourth-order valence-corrected chi connectivity index (χ4v) is 0. The second kappa shape index (κ2) is 9.30. The van der Waals surface area contributed by atoms with Gasteiger partial charge in [0.05, 0.1) is 0 Å². The highest BCUT2D eigenvalue weighted by atomic mass is 31.2. The zero-order valence-corrected chi connectivity index (χ0v) is 6.05. The molecular weight excluding hydrogens is 183 g/mol. The monoisotopic (exact) mass is 192 g/mol. The van der Waals surface area contributed by atoms with Crippen LogP contribution >= 0.6 is 7.82 Å². The van der Waals surface area contributed by atoms with Crippen molar-refractivity contribution in [3.8, 4) is 0 Å². The first kappa shape index (κ1) is 16.7. The molecule has 0 saturated heterocycles. The van der Waals surface area contributed by atoms with E-state index in [1.54, 1.807) is 0 Å². The van der Waals surface area contributed by atoms with Crippen LogP contribution in [0.2, 0.25) is 0 Å². The smallest absolute Gasteiger partial charge is 0.352 e. The Morgan fingerprint density at radius 3 is 1.09 bits per heavy atom. The van der Waals surface area contributed by atoms with Crippen LogP contribution in [0.15, 0.2) is 0 Å². The molecule has 0 aliphatic heterocycles. The van der Waals surface area contributed by atoms with Gasteiger partial charge in [-0.15, -0.1) is 0 Å². The molecule has 2 amide bonds. The minimum atomic E-state index is -4.64. The van der Waals surface area contributed by atoms with Crippen LogP contribution in [0, 0.1) is 0 Å². The van der Waals surface area contributed by atoms with Crippen molar-refractivity contribution >= 4 is 13.9 Å². The molecule has 0 atom stereocenters. The average Bonchev–Trinajstić information content (AvgIpc) is 1.63. The Labute approximate surface area is 61.0 Å². The fraction of sp³-hybridized carbons (Fsp3) is 0. The number of carbonyl (C=O) groups is 1. The molecule has 9 N–H and O–H groups in total. The third-order valence-corrected chi connectivity index (χ3v) is 0. The molecule has 0 heterocycles. The maximum absolute atomic E-state index is 9.00. The van der Waals surface area contributed by atoms with E-state index in [4.69, 9.17) is 34.6 Å². The van der Waals surface area contributed by atoms with Gasteiger partial charge < -0.3 is 26.1 Å². The SMILES string of the molecule is NC(N)=O.O=P(O)(O)O.OO. The predicted octanol–water partition coefficient (Wildman–Crippen LogP) is -1.89. The zero-order valence-electron chi connectivity index (χ0n) is 5.15. The highest BCUT2D eigenvalue weighted by Crippen LogP contribution is 2.25. The summed E-state index contributed by atoms with van der Waals surface area (Å²) in [4.78, 5) is 30.6. The highest BCUT2D eigenvalue weighted by Gasteiger charge is 2.00. The number of nitrogens with two attached hydrogens (primary N) is 2. The van der Waals surface area contributed by atoms with Gasteiger partial charge in [0.15, 0.2) is 0 Å². The summed E-state index contributed by atoms with van der Waals surface area (Å²) in [7, 11) is -4.64. The summed E-state index contributed by atoms with van der Waals surface area (Å²) in [6.07, 6.45) is 0. The second-order valence-corrected chi connectivity index (χ2v) is 1.94. The minimum absolute atomic E-state index is 0.833. The Hall–Kier alpha value is -0.700. The molecule has 0 aliphatic carbocycles. The molecule has 9 nitrogen and oxygen atoms in total. The lowest BCUT2D eigenvalue weighted by atomic mass is 11.2. The van der Waals surface area contributed by atoms with Crippen molar-refractivity contribution in [1.29, 1.82) is 0 Å². The van der Waals surface area contributed by atoms with Crippen molar-refractivity contribution in [3.63, 3.8) is 0 Å². The summed E-state index contributed by atoms with van der Waals surface area (Å²) in [5.41, 5.74) is 8.50. The van der Waals surface area contributed by atoms with Gasteiger partial charge in [-0.25, -0.2) is 9.36 Å². The number of phosphoric acid groups is 1. The largest absolute Gasteiger partial charge is 0.466 e. The van der Waals surface area contributed by atoms with E-state index >= 15 is 0 Å². The molecule has 10 heteroatoms. The molecular formula is CH9N2O7P. The Morgan fingerprint density at radius 1 is 1.09 bits per heavy atom. The summed E-state index contributed by atoms with van der Waals surface area (Å²) >= 11 is 0.